The highest BCUT2D eigenvalue weighted by Crippen LogP contribution is 2.39. The van der Waals surface area contributed by atoms with E-state index in [1.165, 1.54) is 12.1 Å². The normalized spacial score (nSPS) is 11.6. The Morgan fingerprint density at radius 1 is 0.917 bits per heavy atom. The van der Waals surface area contributed by atoms with Gasteiger partial charge in [0.25, 0.3) is 10.0 Å². The summed E-state index contributed by atoms with van der Waals surface area (Å²) in [6.07, 6.45) is 0. The zero-order valence-corrected chi connectivity index (χ0v) is 12.8. The Balaban J connectivity index is 2.16. The predicted octanol–water partition coefficient (Wildman–Crippen LogP) is 3.33. The lowest BCUT2D eigenvalue weighted by Crippen LogP contribution is -2.15. The molecule has 5 nitrogen and oxygen atoms in total. The van der Waals surface area contributed by atoms with Crippen molar-refractivity contribution in [3.05, 3.63) is 60.2 Å². The van der Waals surface area contributed by atoms with Crippen LogP contribution in [0.15, 0.2) is 53.4 Å². The van der Waals surface area contributed by atoms with Gasteiger partial charge in [-0.3, -0.25) is 4.72 Å². The third-order valence-corrected chi connectivity index (χ3v) is 4.80. The van der Waals surface area contributed by atoms with E-state index in [9.17, 15) is 27.4 Å². The first-order valence-electron chi connectivity index (χ1n) is 6.71. The molecule has 3 N–H and O–H groups in total. The Morgan fingerprint density at radius 3 is 2.29 bits per heavy atom. The average Bonchev–Trinajstić information content (AvgIpc) is 2.54. The number of benzene rings is 3. The number of phenolic OH excluding ortho intramolecular Hbond substituents is 2. The molecule has 0 aliphatic heterocycles. The van der Waals surface area contributed by atoms with Gasteiger partial charge in [0.15, 0.2) is 11.5 Å². The van der Waals surface area contributed by atoms with E-state index in [0.717, 1.165) is 12.1 Å². The number of fused-ring (bicyclic) bond motifs is 1. The van der Waals surface area contributed by atoms with Gasteiger partial charge in [-0.2, -0.15) is 0 Å². The van der Waals surface area contributed by atoms with Gasteiger partial charge in [-0.25, -0.2) is 17.2 Å². The summed E-state index contributed by atoms with van der Waals surface area (Å²) in [7, 11) is -4.45. The van der Waals surface area contributed by atoms with Crippen LogP contribution in [0.3, 0.4) is 0 Å². The molecule has 3 aromatic rings. The van der Waals surface area contributed by atoms with Crippen LogP contribution in [-0.4, -0.2) is 18.6 Å². The maximum atomic E-state index is 13.8. The number of nitrogens with one attached hydrogen (secondary N) is 1. The maximum absolute atomic E-state index is 13.8. The van der Waals surface area contributed by atoms with Gasteiger partial charge in [-0.1, -0.05) is 24.3 Å². The van der Waals surface area contributed by atoms with Crippen molar-refractivity contribution in [1.82, 2.24) is 0 Å². The molecule has 0 fully saturated rings. The second kappa shape index (κ2) is 5.64. The van der Waals surface area contributed by atoms with E-state index in [1.54, 1.807) is 12.1 Å². The minimum Gasteiger partial charge on any atom is -0.504 e. The Morgan fingerprint density at radius 2 is 1.58 bits per heavy atom. The highest BCUT2D eigenvalue weighted by Gasteiger charge is 2.22. The van der Waals surface area contributed by atoms with Crippen LogP contribution in [0.4, 0.5) is 14.5 Å². The summed E-state index contributed by atoms with van der Waals surface area (Å²) in [5, 5.41) is 20.1. The summed E-state index contributed by atoms with van der Waals surface area (Å²) in [5.74, 6) is -2.98. The topological polar surface area (TPSA) is 86.6 Å². The Bertz CT molecular complexity index is 1050. The van der Waals surface area contributed by atoms with Gasteiger partial charge in [0, 0.05) is 16.8 Å². The molecule has 0 spiro atoms. The summed E-state index contributed by atoms with van der Waals surface area (Å²) in [6.45, 7) is 0. The molecule has 0 heterocycles. The molecule has 0 saturated heterocycles. The third kappa shape index (κ3) is 2.71. The molecule has 0 amide bonds. The number of halogens is 2. The van der Waals surface area contributed by atoms with E-state index < -0.39 is 38.1 Å². The summed E-state index contributed by atoms with van der Waals surface area (Å²) in [4.78, 5) is -0.862. The number of anilines is 1. The van der Waals surface area contributed by atoms with Crippen LogP contribution < -0.4 is 4.72 Å². The molecule has 3 rings (SSSR count). The SMILES string of the molecule is O=S(=O)(Nc1cc(O)c(O)c2ccccc12)c1cc(F)ccc1F. The van der Waals surface area contributed by atoms with Crippen LogP contribution in [0.5, 0.6) is 11.5 Å². The Kier molecular flexibility index (Phi) is 3.76. The first-order chi connectivity index (χ1) is 11.3. The number of aromatic hydroxyl groups is 2. The van der Waals surface area contributed by atoms with Gasteiger partial charge in [0.1, 0.15) is 16.5 Å². The van der Waals surface area contributed by atoms with Gasteiger partial charge >= 0.3 is 0 Å². The Hall–Kier alpha value is -2.87. The van der Waals surface area contributed by atoms with Crippen molar-refractivity contribution in [1.29, 1.82) is 0 Å². The van der Waals surface area contributed by atoms with Crippen molar-refractivity contribution in [3.63, 3.8) is 0 Å². The van der Waals surface area contributed by atoms with E-state index in [-0.39, 0.29) is 16.5 Å². The molecule has 0 atom stereocenters. The van der Waals surface area contributed by atoms with E-state index in [1.807, 2.05) is 0 Å². The van der Waals surface area contributed by atoms with Crippen LogP contribution in [0.1, 0.15) is 0 Å². The molecule has 8 heteroatoms. The highest BCUT2D eigenvalue weighted by molar-refractivity contribution is 7.92. The lowest BCUT2D eigenvalue weighted by atomic mass is 10.1. The molecule has 0 radical (unpaired) electrons. The largest absolute Gasteiger partial charge is 0.504 e. The van der Waals surface area contributed by atoms with Crippen LogP contribution >= 0.6 is 0 Å². The number of rotatable bonds is 3. The van der Waals surface area contributed by atoms with Gasteiger partial charge < -0.3 is 10.2 Å². The number of hydrogen-bond acceptors (Lipinski definition) is 4. The summed E-state index contributed by atoms with van der Waals surface area (Å²) < 4.78 is 53.8. The third-order valence-electron chi connectivity index (χ3n) is 3.42. The van der Waals surface area contributed by atoms with Crippen LogP contribution in [0, 0.1) is 11.6 Å². The lowest BCUT2D eigenvalue weighted by molar-refractivity contribution is 0.408. The van der Waals surface area contributed by atoms with E-state index in [2.05, 4.69) is 4.72 Å². The summed E-state index contributed by atoms with van der Waals surface area (Å²) in [5.41, 5.74) is -0.0791. The standard InChI is InChI=1S/C16H11F2NO4S/c17-9-5-6-12(18)15(7-9)24(22,23)19-13-8-14(20)16(21)11-4-2-1-3-10(11)13/h1-8,19-21H. The summed E-state index contributed by atoms with van der Waals surface area (Å²) >= 11 is 0. The quantitative estimate of drug-likeness (QED) is 0.499. The average molecular weight is 351 g/mol. The van der Waals surface area contributed by atoms with Crippen molar-refractivity contribution < 1.29 is 27.4 Å². The first kappa shape index (κ1) is 16.0. The second-order valence-corrected chi connectivity index (χ2v) is 6.67. The molecule has 0 aromatic heterocycles. The number of hydrogen-bond donors (Lipinski definition) is 3. The van der Waals surface area contributed by atoms with E-state index >= 15 is 0 Å². The molecule has 0 aliphatic rings. The highest BCUT2D eigenvalue weighted by atomic mass is 32.2. The van der Waals surface area contributed by atoms with Crippen molar-refractivity contribution in [2.45, 2.75) is 4.90 Å². The second-order valence-electron chi connectivity index (χ2n) is 5.02. The fourth-order valence-corrected chi connectivity index (χ4v) is 3.47. The zero-order valence-electron chi connectivity index (χ0n) is 12.0. The van der Waals surface area contributed by atoms with Crippen molar-refractivity contribution >= 4 is 26.5 Å². The molecule has 3 aromatic carbocycles. The van der Waals surface area contributed by atoms with Crippen molar-refractivity contribution in [2.75, 3.05) is 4.72 Å². The molecule has 24 heavy (non-hydrogen) atoms. The van der Waals surface area contributed by atoms with Crippen molar-refractivity contribution in [3.8, 4) is 11.5 Å². The molecule has 0 bridgehead atoms. The molecule has 0 unspecified atom stereocenters. The van der Waals surface area contributed by atoms with Gasteiger partial charge in [0.05, 0.1) is 5.69 Å². The Labute approximate surface area is 135 Å². The fraction of sp³-hybridized carbons (Fsp3) is 0. The zero-order chi connectivity index (χ0) is 17.5. The van der Waals surface area contributed by atoms with Crippen molar-refractivity contribution in [2.24, 2.45) is 0 Å². The van der Waals surface area contributed by atoms with Gasteiger partial charge in [-0.05, 0) is 18.2 Å². The molecule has 0 aliphatic carbocycles. The van der Waals surface area contributed by atoms with Gasteiger partial charge in [0.2, 0.25) is 0 Å². The molecular formula is C16H11F2NO4S. The molecular weight excluding hydrogens is 340 g/mol. The van der Waals surface area contributed by atoms with Crippen LogP contribution in [0.25, 0.3) is 10.8 Å². The minimum atomic E-state index is -4.45. The monoisotopic (exact) mass is 351 g/mol. The van der Waals surface area contributed by atoms with Crippen LogP contribution in [-0.2, 0) is 10.0 Å². The predicted molar refractivity (Wildman–Crippen MR) is 84.4 cm³/mol. The van der Waals surface area contributed by atoms with E-state index in [0.29, 0.717) is 12.1 Å². The first-order valence-corrected chi connectivity index (χ1v) is 8.19. The van der Waals surface area contributed by atoms with E-state index in [4.69, 9.17) is 0 Å². The maximum Gasteiger partial charge on any atom is 0.264 e. The van der Waals surface area contributed by atoms with Crippen LogP contribution in [0.2, 0.25) is 0 Å². The fourth-order valence-electron chi connectivity index (χ4n) is 2.31. The van der Waals surface area contributed by atoms with Gasteiger partial charge in [-0.15, -0.1) is 0 Å². The molecule has 0 saturated carbocycles. The number of sulfonamides is 1. The number of phenols is 2. The summed E-state index contributed by atoms with van der Waals surface area (Å²) in [6, 6.07) is 9.23. The lowest BCUT2D eigenvalue weighted by Gasteiger charge is -2.13. The minimum absolute atomic E-state index is 0.0791. The molecule has 124 valence electrons. The smallest absolute Gasteiger partial charge is 0.264 e.